The van der Waals surface area contributed by atoms with Crippen LogP contribution in [0.25, 0.3) is 0 Å². The van der Waals surface area contributed by atoms with Crippen molar-refractivity contribution in [1.82, 2.24) is 15.1 Å². The topological polar surface area (TPSA) is 67.4 Å². The van der Waals surface area contributed by atoms with Crippen LogP contribution in [0.15, 0.2) is 36.4 Å². The number of aromatic nitrogens is 2. The highest BCUT2D eigenvalue weighted by Gasteiger charge is 2.19. The number of amides is 1. The highest BCUT2D eigenvalue weighted by atomic mass is 16.5. The Labute approximate surface area is 135 Å². The Morgan fingerprint density at radius 1 is 1.22 bits per heavy atom. The van der Waals surface area contributed by atoms with Gasteiger partial charge in [-0.1, -0.05) is 29.8 Å². The fraction of sp³-hybridized carbons (Fsp3) is 0.353. The van der Waals surface area contributed by atoms with E-state index in [-0.39, 0.29) is 5.91 Å². The second-order valence-electron chi connectivity index (χ2n) is 5.55. The standard InChI is InChI=1S/C17H20N4O2/c1-13-3-2-4-14(11-13)12-18-16-6-5-15(19-20-16)17(22)21-7-9-23-10-8-21/h2-6,11H,7-10,12H2,1H3,(H,18,20). The smallest absolute Gasteiger partial charge is 0.274 e. The lowest BCUT2D eigenvalue weighted by Gasteiger charge is -2.26. The van der Waals surface area contributed by atoms with Crippen LogP contribution in [0.1, 0.15) is 21.6 Å². The van der Waals surface area contributed by atoms with Gasteiger partial charge in [-0.2, -0.15) is 0 Å². The Kier molecular flexibility index (Phi) is 4.83. The van der Waals surface area contributed by atoms with Crippen LogP contribution in [0.4, 0.5) is 5.82 Å². The maximum absolute atomic E-state index is 12.3. The number of rotatable bonds is 4. The SMILES string of the molecule is Cc1cccc(CNc2ccc(C(=O)N3CCOCC3)nn2)c1. The van der Waals surface area contributed by atoms with Gasteiger partial charge in [0.2, 0.25) is 0 Å². The Hall–Kier alpha value is -2.47. The summed E-state index contributed by atoms with van der Waals surface area (Å²) in [7, 11) is 0. The number of benzene rings is 1. The molecule has 3 rings (SSSR count). The summed E-state index contributed by atoms with van der Waals surface area (Å²) in [5.41, 5.74) is 2.77. The average Bonchev–Trinajstić information content (AvgIpc) is 2.61. The van der Waals surface area contributed by atoms with Crippen LogP contribution in [-0.4, -0.2) is 47.3 Å². The van der Waals surface area contributed by atoms with E-state index < -0.39 is 0 Å². The van der Waals surface area contributed by atoms with Crippen LogP contribution in [0, 0.1) is 6.92 Å². The number of morpholine rings is 1. The van der Waals surface area contributed by atoms with Gasteiger partial charge in [0.15, 0.2) is 5.69 Å². The Balaban J connectivity index is 1.59. The third-order valence-electron chi connectivity index (χ3n) is 3.74. The number of hydrogen-bond acceptors (Lipinski definition) is 5. The summed E-state index contributed by atoms with van der Waals surface area (Å²) < 4.78 is 5.25. The zero-order valence-electron chi connectivity index (χ0n) is 13.2. The molecule has 1 aliphatic heterocycles. The molecule has 1 aliphatic rings. The van der Waals surface area contributed by atoms with Crippen LogP contribution in [0.3, 0.4) is 0 Å². The molecule has 6 nitrogen and oxygen atoms in total. The van der Waals surface area contributed by atoms with Gasteiger partial charge >= 0.3 is 0 Å². The molecule has 1 amide bonds. The number of aryl methyl sites for hydroxylation is 1. The Morgan fingerprint density at radius 3 is 2.74 bits per heavy atom. The molecular formula is C17H20N4O2. The van der Waals surface area contributed by atoms with Crippen molar-refractivity contribution in [3.8, 4) is 0 Å². The zero-order valence-corrected chi connectivity index (χ0v) is 13.2. The first-order chi connectivity index (χ1) is 11.2. The van der Waals surface area contributed by atoms with Gasteiger partial charge in [-0.25, -0.2) is 0 Å². The van der Waals surface area contributed by atoms with E-state index in [0.717, 1.165) is 0 Å². The van der Waals surface area contributed by atoms with Crippen molar-refractivity contribution >= 4 is 11.7 Å². The number of carbonyl (C=O) groups excluding carboxylic acids is 1. The normalized spacial score (nSPS) is 14.6. The van der Waals surface area contributed by atoms with Crippen molar-refractivity contribution in [2.45, 2.75) is 13.5 Å². The molecule has 1 aromatic carbocycles. The molecule has 0 radical (unpaired) electrons. The minimum absolute atomic E-state index is 0.0916. The highest BCUT2D eigenvalue weighted by molar-refractivity contribution is 5.92. The number of nitrogens with zero attached hydrogens (tertiary/aromatic N) is 3. The molecule has 120 valence electrons. The van der Waals surface area contributed by atoms with Gasteiger partial charge in [-0.05, 0) is 24.6 Å². The molecule has 23 heavy (non-hydrogen) atoms. The quantitative estimate of drug-likeness (QED) is 0.933. The summed E-state index contributed by atoms with van der Waals surface area (Å²) in [6.45, 7) is 5.11. The molecule has 0 atom stereocenters. The molecule has 2 aromatic rings. The average molecular weight is 312 g/mol. The summed E-state index contributed by atoms with van der Waals surface area (Å²) >= 11 is 0. The first-order valence-electron chi connectivity index (χ1n) is 7.72. The minimum Gasteiger partial charge on any atom is -0.378 e. The molecule has 1 saturated heterocycles. The van der Waals surface area contributed by atoms with E-state index in [4.69, 9.17) is 4.74 Å². The lowest BCUT2D eigenvalue weighted by molar-refractivity contribution is 0.0298. The molecule has 0 bridgehead atoms. The van der Waals surface area contributed by atoms with Gasteiger partial charge in [0.1, 0.15) is 5.82 Å². The number of anilines is 1. The molecule has 1 fully saturated rings. The van der Waals surface area contributed by atoms with E-state index in [0.29, 0.717) is 44.4 Å². The number of ether oxygens (including phenoxy) is 1. The fourth-order valence-electron chi connectivity index (χ4n) is 2.48. The molecule has 0 aliphatic carbocycles. The Morgan fingerprint density at radius 2 is 2.04 bits per heavy atom. The summed E-state index contributed by atoms with van der Waals surface area (Å²) in [5, 5.41) is 11.3. The third kappa shape index (κ3) is 4.04. The molecule has 1 N–H and O–H groups in total. The van der Waals surface area contributed by atoms with Crippen LogP contribution in [0.5, 0.6) is 0 Å². The van der Waals surface area contributed by atoms with Gasteiger partial charge in [0.25, 0.3) is 5.91 Å². The summed E-state index contributed by atoms with van der Waals surface area (Å²) in [6, 6.07) is 11.8. The van der Waals surface area contributed by atoms with Gasteiger partial charge in [0, 0.05) is 19.6 Å². The fourth-order valence-corrected chi connectivity index (χ4v) is 2.48. The van der Waals surface area contributed by atoms with Crippen molar-refractivity contribution in [2.75, 3.05) is 31.6 Å². The maximum Gasteiger partial charge on any atom is 0.274 e. The molecular weight excluding hydrogens is 292 g/mol. The number of nitrogens with one attached hydrogen (secondary N) is 1. The minimum atomic E-state index is -0.0916. The van der Waals surface area contributed by atoms with Crippen molar-refractivity contribution < 1.29 is 9.53 Å². The molecule has 2 heterocycles. The molecule has 0 unspecified atom stereocenters. The van der Waals surface area contributed by atoms with Crippen molar-refractivity contribution in [3.05, 3.63) is 53.2 Å². The summed E-state index contributed by atoms with van der Waals surface area (Å²) in [5.74, 6) is 0.566. The van der Waals surface area contributed by atoms with Crippen LogP contribution in [-0.2, 0) is 11.3 Å². The van der Waals surface area contributed by atoms with Crippen molar-refractivity contribution in [3.63, 3.8) is 0 Å². The van der Waals surface area contributed by atoms with E-state index in [9.17, 15) is 4.79 Å². The lowest BCUT2D eigenvalue weighted by atomic mass is 10.1. The van der Waals surface area contributed by atoms with Gasteiger partial charge in [-0.15, -0.1) is 10.2 Å². The van der Waals surface area contributed by atoms with E-state index in [1.807, 2.05) is 6.07 Å². The molecule has 1 aromatic heterocycles. The molecule has 0 spiro atoms. The second-order valence-corrected chi connectivity index (χ2v) is 5.55. The predicted octanol–water partition coefficient (Wildman–Crippen LogP) is 1.87. The number of carbonyl (C=O) groups is 1. The summed E-state index contributed by atoms with van der Waals surface area (Å²) in [4.78, 5) is 14.0. The summed E-state index contributed by atoms with van der Waals surface area (Å²) in [6.07, 6.45) is 0. The van der Waals surface area contributed by atoms with Gasteiger partial charge < -0.3 is 15.0 Å². The van der Waals surface area contributed by atoms with Crippen molar-refractivity contribution in [1.29, 1.82) is 0 Å². The maximum atomic E-state index is 12.3. The van der Waals surface area contributed by atoms with Crippen molar-refractivity contribution in [2.24, 2.45) is 0 Å². The highest BCUT2D eigenvalue weighted by Crippen LogP contribution is 2.09. The first-order valence-corrected chi connectivity index (χ1v) is 7.72. The van der Waals surface area contributed by atoms with Crippen LogP contribution < -0.4 is 5.32 Å². The van der Waals surface area contributed by atoms with E-state index >= 15 is 0 Å². The first kappa shape index (κ1) is 15.4. The van der Waals surface area contributed by atoms with Gasteiger partial charge in [-0.3, -0.25) is 4.79 Å². The van der Waals surface area contributed by atoms with E-state index in [2.05, 4.69) is 40.6 Å². The zero-order chi connectivity index (χ0) is 16.1. The van der Waals surface area contributed by atoms with Crippen LogP contribution in [0.2, 0.25) is 0 Å². The van der Waals surface area contributed by atoms with Crippen LogP contribution >= 0.6 is 0 Å². The predicted molar refractivity (Wildman–Crippen MR) is 87.3 cm³/mol. The van der Waals surface area contributed by atoms with E-state index in [1.165, 1.54) is 11.1 Å². The second kappa shape index (κ2) is 7.19. The number of hydrogen-bond donors (Lipinski definition) is 1. The third-order valence-corrected chi connectivity index (χ3v) is 3.74. The molecule has 0 saturated carbocycles. The lowest BCUT2D eigenvalue weighted by Crippen LogP contribution is -2.41. The molecule has 6 heteroatoms. The Bertz CT molecular complexity index is 667. The largest absolute Gasteiger partial charge is 0.378 e. The van der Waals surface area contributed by atoms with E-state index in [1.54, 1.807) is 17.0 Å². The van der Waals surface area contributed by atoms with Gasteiger partial charge in [0.05, 0.1) is 13.2 Å². The monoisotopic (exact) mass is 312 g/mol.